The van der Waals surface area contributed by atoms with E-state index >= 15 is 0 Å². The average molecular weight is 326 g/mol. The normalized spacial score (nSPS) is 22.8. The van der Waals surface area contributed by atoms with Crippen molar-refractivity contribution in [3.05, 3.63) is 29.8 Å². The van der Waals surface area contributed by atoms with Gasteiger partial charge in [-0.2, -0.15) is 0 Å². The molecule has 2 unspecified atom stereocenters. The van der Waals surface area contributed by atoms with Crippen LogP contribution in [0.2, 0.25) is 0 Å². The molecule has 0 spiro atoms. The molecular formula is C15H20BrNO2. The molecule has 1 aliphatic rings. The first-order valence-electron chi connectivity index (χ1n) is 6.89. The predicted molar refractivity (Wildman–Crippen MR) is 80.0 cm³/mol. The molecule has 0 aromatic heterocycles. The Bertz CT molecular complexity index is 436. The molecule has 0 saturated heterocycles. The Balaban J connectivity index is 2.06. The third kappa shape index (κ3) is 3.72. The zero-order valence-corrected chi connectivity index (χ0v) is 12.8. The summed E-state index contributed by atoms with van der Waals surface area (Å²) in [5.74, 6) is 0.616. The first-order chi connectivity index (χ1) is 9.22. The van der Waals surface area contributed by atoms with E-state index < -0.39 is 0 Å². The molecule has 1 N–H and O–H groups in total. The Labute approximate surface area is 122 Å². The molecule has 1 aromatic carbocycles. The van der Waals surface area contributed by atoms with E-state index in [1.165, 1.54) is 12.8 Å². The second-order valence-corrected chi connectivity index (χ2v) is 5.99. The molecule has 0 heterocycles. The van der Waals surface area contributed by atoms with Crippen LogP contribution in [0.25, 0.3) is 0 Å². The fraction of sp³-hybridized carbons (Fsp3) is 0.533. The van der Waals surface area contributed by atoms with Gasteiger partial charge in [0.25, 0.3) is 5.91 Å². The minimum Gasteiger partial charge on any atom is -0.493 e. The molecule has 1 aliphatic carbocycles. The number of carbonyl (C=O) groups is 1. The SMILES string of the molecule is CCOc1ccccc1C(=O)NC1CCCCC1Br. The number of alkyl halides is 1. The summed E-state index contributed by atoms with van der Waals surface area (Å²) in [4.78, 5) is 12.7. The summed E-state index contributed by atoms with van der Waals surface area (Å²) in [6.45, 7) is 2.49. The van der Waals surface area contributed by atoms with Gasteiger partial charge in [0.1, 0.15) is 5.75 Å². The molecule has 0 radical (unpaired) electrons. The Hall–Kier alpha value is -1.03. The number of amides is 1. The quantitative estimate of drug-likeness (QED) is 0.860. The Morgan fingerprint density at radius 3 is 2.84 bits per heavy atom. The lowest BCUT2D eigenvalue weighted by Crippen LogP contribution is -2.42. The number of hydrogen-bond acceptors (Lipinski definition) is 2. The number of nitrogens with one attached hydrogen (secondary N) is 1. The van der Waals surface area contributed by atoms with Crippen LogP contribution < -0.4 is 10.1 Å². The van der Waals surface area contributed by atoms with Gasteiger partial charge in [0.15, 0.2) is 0 Å². The summed E-state index contributed by atoms with van der Waals surface area (Å²) in [5, 5.41) is 3.12. The van der Waals surface area contributed by atoms with Gasteiger partial charge in [-0.15, -0.1) is 0 Å². The van der Waals surface area contributed by atoms with Gasteiger partial charge < -0.3 is 10.1 Å². The van der Waals surface area contributed by atoms with Gasteiger partial charge in [-0.25, -0.2) is 0 Å². The highest BCUT2D eigenvalue weighted by Gasteiger charge is 2.25. The number of ether oxygens (including phenoxy) is 1. The summed E-state index contributed by atoms with van der Waals surface area (Å²) in [6, 6.07) is 7.62. The Morgan fingerprint density at radius 2 is 2.11 bits per heavy atom. The van der Waals surface area contributed by atoms with Crippen LogP contribution in [0.4, 0.5) is 0 Å². The van der Waals surface area contributed by atoms with Crippen LogP contribution in [0, 0.1) is 0 Å². The summed E-state index contributed by atoms with van der Waals surface area (Å²) in [5.41, 5.74) is 0.620. The highest BCUT2D eigenvalue weighted by molar-refractivity contribution is 9.09. The molecule has 104 valence electrons. The first kappa shape index (κ1) is 14.4. The smallest absolute Gasteiger partial charge is 0.255 e. The Kier molecular flexibility index (Phi) is 5.25. The topological polar surface area (TPSA) is 38.3 Å². The zero-order chi connectivity index (χ0) is 13.7. The van der Waals surface area contributed by atoms with Crippen molar-refractivity contribution in [2.75, 3.05) is 6.61 Å². The van der Waals surface area contributed by atoms with Crippen molar-refractivity contribution in [2.24, 2.45) is 0 Å². The van der Waals surface area contributed by atoms with Crippen LogP contribution in [-0.4, -0.2) is 23.4 Å². The molecule has 0 bridgehead atoms. The third-order valence-corrected chi connectivity index (χ3v) is 4.53. The number of carbonyl (C=O) groups excluding carboxylic acids is 1. The van der Waals surface area contributed by atoms with Crippen molar-refractivity contribution < 1.29 is 9.53 Å². The molecule has 1 amide bonds. The minimum atomic E-state index is -0.0413. The average Bonchev–Trinajstić information content (AvgIpc) is 2.42. The van der Waals surface area contributed by atoms with E-state index in [9.17, 15) is 4.79 Å². The van der Waals surface area contributed by atoms with E-state index in [0.717, 1.165) is 12.8 Å². The lowest BCUT2D eigenvalue weighted by Gasteiger charge is -2.28. The van der Waals surface area contributed by atoms with E-state index in [0.29, 0.717) is 22.7 Å². The molecule has 1 saturated carbocycles. The van der Waals surface area contributed by atoms with Gasteiger partial charge in [-0.3, -0.25) is 4.79 Å². The van der Waals surface area contributed by atoms with Crippen LogP contribution in [0.1, 0.15) is 43.0 Å². The fourth-order valence-corrected chi connectivity index (χ4v) is 3.15. The van der Waals surface area contributed by atoms with Crippen molar-refractivity contribution in [1.29, 1.82) is 0 Å². The van der Waals surface area contributed by atoms with Crippen molar-refractivity contribution in [3.8, 4) is 5.75 Å². The summed E-state index contributed by atoms with van der Waals surface area (Å²) in [7, 11) is 0. The maximum absolute atomic E-state index is 12.3. The summed E-state index contributed by atoms with van der Waals surface area (Å²) >= 11 is 3.66. The van der Waals surface area contributed by atoms with E-state index in [4.69, 9.17) is 4.74 Å². The lowest BCUT2D eigenvalue weighted by atomic mass is 9.95. The number of benzene rings is 1. The molecular weight excluding hydrogens is 306 g/mol. The van der Waals surface area contributed by atoms with Gasteiger partial charge >= 0.3 is 0 Å². The second-order valence-electron chi connectivity index (χ2n) is 4.81. The van der Waals surface area contributed by atoms with Crippen molar-refractivity contribution in [3.63, 3.8) is 0 Å². The van der Waals surface area contributed by atoms with E-state index in [1.54, 1.807) is 0 Å². The number of halogens is 1. The maximum Gasteiger partial charge on any atom is 0.255 e. The van der Waals surface area contributed by atoms with Crippen molar-refractivity contribution in [2.45, 2.75) is 43.5 Å². The number of rotatable bonds is 4. The molecule has 3 nitrogen and oxygen atoms in total. The molecule has 2 rings (SSSR count). The first-order valence-corrected chi connectivity index (χ1v) is 7.80. The Morgan fingerprint density at radius 1 is 1.37 bits per heavy atom. The van der Waals surface area contributed by atoms with E-state index in [1.807, 2.05) is 31.2 Å². The molecule has 0 aliphatic heterocycles. The van der Waals surface area contributed by atoms with Crippen LogP contribution in [-0.2, 0) is 0 Å². The molecule has 1 fully saturated rings. The van der Waals surface area contributed by atoms with Gasteiger partial charge in [-0.1, -0.05) is 40.9 Å². The second kappa shape index (κ2) is 6.94. The monoisotopic (exact) mass is 325 g/mol. The summed E-state index contributed by atoms with van der Waals surface area (Å²) < 4.78 is 5.50. The zero-order valence-electron chi connectivity index (χ0n) is 11.2. The molecule has 19 heavy (non-hydrogen) atoms. The van der Waals surface area contributed by atoms with Crippen LogP contribution in [0.15, 0.2) is 24.3 Å². The molecule has 1 aromatic rings. The highest BCUT2D eigenvalue weighted by Crippen LogP contribution is 2.25. The van der Waals surface area contributed by atoms with Gasteiger partial charge in [0.2, 0.25) is 0 Å². The number of hydrogen-bond donors (Lipinski definition) is 1. The van der Waals surface area contributed by atoms with Crippen LogP contribution >= 0.6 is 15.9 Å². The summed E-state index contributed by atoms with van der Waals surface area (Å²) in [6.07, 6.45) is 4.58. The highest BCUT2D eigenvalue weighted by atomic mass is 79.9. The van der Waals surface area contributed by atoms with Crippen molar-refractivity contribution >= 4 is 21.8 Å². The number of para-hydroxylation sites is 1. The van der Waals surface area contributed by atoms with E-state index in [2.05, 4.69) is 21.2 Å². The fourth-order valence-electron chi connectivity index (χ4n) is 2.43. The van der Waals surface area contributed by atoms with Crippen molar-refractivity contribution in [1.82, 2.24) is 5.32 Å². The van der Waals surface area contributed by atoms with Crippen LogP contribution in [0.5, 0.6) is 5.75 Å². The maximum atomic E-state index is 12.3. The van der Waals surface area contributed by atoms with Gasteiger partial charge in [0.05, 0.1) is 12.2 Å². The largest absolute Gasteiger partial charge is 0.493 e. The molecule has 4 heteroatoms. The van der Waals surface area contributed by atoms with Gasteiger partial charge in [-0.05, 0) is 31.9 Å². The van der Waals surface area contributed by atoms with E-state index in [-0.39, 0.29) is 11.9 Å². The standard InChI is InChI=1S/C15H20BrNO2/c1-2-19-14-10-6-3-7-11(14)15(18)17-13-9-5-4-8-12(13)16/h3,6-7,10,12-13H,2,4-5,8-9H2,1H3,(H,17,18). The third-order valence-electron chi connectivity index (χ3n) is 3.43. The predicted octanol–water partition coefficient (Wildman–Crippen LogP) is 3.52. The lowest BCUT2D eigenvalue weighted by molar-refractivity contribution is 0.0926. The minimum absolute atomic E-state index is 0.0413. The van der Waals surface area contributed by atoms with Crippen LogP contribution in [0.3, 0.4) is 0 Å². The van der Waals surface area contributed by atoms with Gasteiger partial charge in [0, 0.05) is 10.9 Å². The molecule has 2 atom stereocenters.